The first-order valence-electron chi connectivity index (χ1n) is 4.38. The van der Waals surface area contributed by atoms with E-state index >= 15 is 0 Å². The van der Waals surface area contributed by atoms with Gasteiger partial charge < -0.3 is 21.1 Å². The molecule has 4 N–H and O–H groups in total. The lowest BCUT2D eigenvalue weighted by Gasteiger charge is -2.13. The van der Waals surface area contributed by atoms with Crippen LogP contribution in [0.1, 0.15) is 6.42 Å². The molecule has 2 amide bonds. The minimum absolute atomic E-state index is 0.160. The van der Waals surface area contributed by atoms with Crippen LogP contribution < -0.4 is 16.0 Å². The molecule has 86 valence electrons. The van der Waals surface area contributed by atoms with Crippen molar-refractivity contribution in [2.24, 2.45) is 0 Å². The lowest BCUT2D eigenvalue weighted by atomic mass is 10.2. The minimum atomic E-state index is -1.08. The van der Waals surface area contributed by atoms with Crippen LogP contribution in [0.3, 0.4) is 0 Å². The summed E-state index contributed by atoms with van der Waals surface area (Å²) in [5.74, 6) is -1.93. The van der Waals surface area contributed by atoms with E-state index in [0.29, 0.717) is 0 Å². The average molecular weight is 217 g/mol. The van der Waals surface area contributed by atoms with Crippen molar-refractivity contribution in [3.05, 3.63) is 0 Å². The molecule has 0 aliphatic rings. The van der Waals surface area contributed by atoms with Crippen molar-refractivity contribution < 1.29 is 19.5 Å². The molecule has 7 nitrogen and oxygen atoms in total. The zero-order valence-corrected chi connectivity index (χ0v) is 8.66. The van der Waals surface area contributed by atoms with Gasteiger partial charge in [0.2, 0.25) is 11.8 Å². The number of aliphatic carboxylic acids is 1. The van der Waals surface area contributed by atoms with E-state index in [2.05, 4.69) is 16.0 Å². The predicted octanol–water partition coefficient (Wildman–Crippen LogP) is -2.09. The molecule has 0 saturated heterocycles. The third-order valence-corrected chi connectivity index (χ3v) is 1.75. The third kappa shape index (κ3) is 5.63. The van der Waals surface area contributed by atoms with Gasteiger partial charge in [-0.2, -0.15) is 0 Å². The van der Waals surface area contributed by atoms with Crippen molar-refractivity contribution in [3.8, 4) is 0 Å². The van der Waals surface area contributed by atoms with Crippen LogP contribution in [0.2, 0.25) is 0 Å². The molecule has 0 spiro atoms. The maximum atomic E-state index is 11.3. The maximum Gasteiger partial charge on any atom is 0.305 e. The Hall–Kier alpha value is -1.63. The van der Waals surface area contributed by atoms with E-state index in [1.54, 1.807) is 0 Å². The number of amides is 2. The fourth-order valence-electron chi connectivity index (χ4n) is 0.879. The summed E-state index contributed by atoms with van der Waals surface area (Å²) in [6, 6.07) is -0.827. The van der Waals surface area contributed by atoms with Gasteiger partial charge in [0.1, 0.15) is 0 Å². The van der Waals surface area contributed by atoms with Gasteiger partial charge in [-0.15, -0.1) is 0 Å². The van der Waals surface area contributed by atoms with Crippen molar-refractivity contribution in [3.63, 3.8) is 0 Å². The van der Waals surface area contributed by atoms with Gasteiger partial charge in [0.25, 0.3) is 0 Å². The second kappa shape index (κ2) is 6.77. The smallest absolute Gasteiger partial charge is 0.305 e. The molecule has 0 aromatic heterocycles. The highest BCUT2D eigenvalue weighted by Crippen LogP contribution is 1.91. The number of hydrogen-bond donors (Lipinski definition) is 4. The van der Waals surface area contributed by atoms with Crippen LogP contribution in [0, 0.1) is 0 Å². The molecule has 0 aromatic carbocycles. The Labute approximate surface area is 87.2 Å². The Morgan fingerprint density at radius 2 is 1.87 bits per heavy atom. The van der Waals surface area contributed by atoms with Crippen LogP contribution in [-0.4, -0.2) is 49.6 Å². The molecule has 0 rings (SSSR count). The fourth-order valence-corrected chi connectivity index (χ4v) is 0.879. The van der Waals surface area contributed by atoms with Gasteiger partial charge >= 0.3 is 5.97 Å². The molecule has 15 heavy (non-hydrogen) atoms. The van der Waals surface area contributed by atoms with Gasteiger partial charge in [-0.05, 0) is 7.05 Å². The number of hydrogen-bond acceptors (Lipinski definition) is 4. The van der Waals surface area contributed by atoms with E-state index in [4.69, 9.17) is 5.11 Å². The van der Waals surface area contributed by atoms with Gasteiger partial charge in [-0.1, -0.05) is 0 Å². The average Bonchev–Trinajstić information content (AvgIpc) is 2.21. The highest BCUT2D eigenvalue weighted by Gasteiger charge is 2.19. The second-order valence-electron chi connectivity index (χ2n) is 2.83. The summed E-state index contributed by atoms with van der Waals surface area (Å²) in [5.41, 5.74) is 0. The van der Waals surface area contributed by atoms with Gasteiger partial charge in [0.15, 0.2) is 0 Å². The maximum absolute atomic E-state index is 11.3. The number of nitrogens with one attached hydrogen (secondary N) is 3. The molecular formula is C8H15N3O4. The Bertz CT molecular complexity index is 254. The number of rotatable bonds is 6. The predicted molar refractivity (Wildman–Crippen MR) is 52.2 cm³/mol. The molecule has 7 heteroatoms. The normalized spacial score (nSPS) is 11.6. The number of likely N-dealkylation sites (N-methyl/N-ethyl adjacent to an activating group) is 2. The lowest BCUT2D eigenvalue weighted by Crippen LogP contribution is -2.46. The van der Waals surface area contributed by atoms with E-state index in [1.165, 1.54) is 14.1 Å². The Morgan fingerprint density at radius 1 is 1.27 bits per heavy atom. The topological polar surface area (TPSA) is 108 Å². The van der Waals surface area contributed by atoms with E-state index < -0.39 is 17.9 Å². The third-order valence-electron chi connectivity index (χ3n) is 1.75. The summed E-state index contributed by atoms with van der Waals surface area (Å²) in [5, 5.41) is 15.7. The first-order chi connectivity index (χ1) is 7.01. The molecule has 0 bridgehead atoms. The monoisotopic (exact) mass is 217 g/mol. The molecule has 1 unspecified atom stereocenters. The van der Waals surface area contributed by atoms with Crippen molar-refractivity contribution >= 4 is 17.8 Å². The second-order valence-corrected chi connectivity index (χ2v) is 2.83. The van der Waals surface area contributed by atoms with Crippen LogP contribution in [0.25, 0.3) is 0 Å². The highest BCUT2D eigenvalue weighted by molar-refractivity contribution is 5.89. The molecule has 0 aliphatic carbocycles. The Morgan fingerprint density at radius 3 is 2.27 bits per heavy atom. The SMILES string of the molecule is CNC(=O)CNC(=O)C(CC(=O)O)NC. The summed E-state index contributed by atoms with van der Waals surface area (Å²) in [7, 11) is 2.92. The van der Waals surface area contributed by atoms with Gasteiger partial charge in [0, 0.05) is 7.05 Å². The fraction of sp³-hybridized carbons (Fsp3) is 0.625. The van der Waals surface area contributed by atoms with E-state index in [0.717, 1.165) is 0 Å². The van der Waals surface area contributed by atoms with Crippen molar-refractivity contribution in [1.29, 1.82) is 0 Å². The lowest BCUT2D eigenvalue weighted by molar-refractivity contribution is -0.139. The van der Waals surface area contributed by atoms with Crippen LogP contribution in [-0.2, 0) is 14.4 Å². The Kier molecular flexibility index (Phi) is 6.03. The van der Waals surface area contributed by atoms with Gasteiger partial charge in [0.05, 0.1) is 19.0 Å². The zero-order chi connectivity index (χ0) is 11.8. The molecule has 0 aromatic rings. The van der Waals surface area contributed by atoms with Crippen LogP contribution >= 0.6 is 0 Å². The van der Waals surface area contributed by atoms with Crippen LogP contribution in [0.15, 0.2) is 0 Å². The van der Waals surface area contributed by atoms with Gasteiger partial charge in [-0.3, -0.25) is 14.4 Å². The van der Waals surface area contributed by atoms with Crippen LogP contribution in [0.4, 0.5) is 0 Å². The first-order valence-corrected chi connectivity index (χ1v) is 4.38. The highest BCUT2D eigenvalue weighted by atomic mass is 16.4. The summed E-state index contributed by atoms with van der Waals surface area (Å²) in [4.78, 5) is 32.5. The molecule has 1 atom stereocenters. The largest absolute Gasteiger partial charge is 0.481 e. The molecule has 0 radical (unpaired) electrons. The summed E-state index contributed by atoms with van der Waals surface area (Å²) in [6.07, 6.45) is -0.323. The van der Waals surface area contributed by atoms with Crippen LogP contribution in [0.5, 0.6) is 0 Å². The molecule has 0 aliphatic heterocycles. The summed E-state index contributed by atoms with van der Waals surface area (Å²) >= 11 is 0. The quantitative estimate of drug-likeness (QED) is 0.408. The summed E-state index contributed by atoms with van der Waals surface area (Å²) < 4.78 is 0. The number of carboxylic acids is 1. The molecular weight excluding hydrogens is 202 g/mol. The van der Waals surface area contributed by atoms with Crippen molar-refractivity contribution in [2.75, 3.05) is 20.6 Å². The van der Waals surface area contributed by atoms with Crippen molar-refractivity contribution in [1.82, 2.24) is 16.0 Å². The number of carbonyl (C=O) groups is 3. The van der Waals surface area contributed by atoms with E-state index in [-0.39, 0.29) is 18.9 Å². The number of carbonyl (C=O) groups excluding carboxylic acids is 2. The molecule has 0 heterocycles. The Balaban J connectivity index is 4.04. The van der Waals surface area contributed by atoms with E-state index in [1.807, 2.05) is 0 Å². The standard InChI is InChI=1S/C8H15N3O4/c1-9-5(3-7(13)14)8(15)11-4-6(12)10-2/h5,9H,3-4H2,1-2H3,(H,10,12)(H,11,15)(H,13,14). The van der Waals surface area contributed by atoms with E-state index in [9.17, 15) is 14.4 Å². The zero-order valence-electron chi connectivity index (χ0n) is 8.66. The van der Waals surface area contributed by atoms with Gasteiger partial charge in [-0.25, -0.2) is 0 Å². The molecule has 0 saturated carbocycles. The minimum Gasteiger partial charge on any atom is -0.481 e. The van der Waals surface area contributed by atoms with Crippen molar-refractivity contribution in [2.45, 2.75) is 12.5 Å². The summed E-state index contributed by atoms with van der Waals surface area (Å²) in [6.45, 7) is -0.160. The molecule has 0 fully saturated rings. The first kappa shape index (κ1) is 13.4. The number of carboxylic acid groups (broad SMARTS) is 1.